The van der Waals surface area contributed by atoms with E-state index in [1.165, 1.54) is 0 Å². The van der Waals surface area contributed by atoms with Crippen molar-refractivity contribution < 1.29 is 23.6 Å². The topological polar surface area (TPSA) is 93.3 Å². The number of pyridine rings is 1. The third-order valence-corrected chi connectivity index (χ3v) is 2.42. The molecule has 1 heterocycles. The number of hydrogen-bond acceptors (Lipinski definition) is 4. The molecular formula is C8H5BrF2N2O4. The van der Waals surface area contributed by atoms with Gasteiger partial charge in [0.1, 0.15) is 12.0 Å². The smallest absolute Gasteiger partial charge is 0.373 e. The second kappa shape index (κ2) is 5.13. The summed E-state index contributed by atoms with van der Waals surface area (Å²) in [4.78, 5) is 23.2. The summed E-state index contributed by atoms with van der Waals surface area (Å²) in [6, 6.07) is 1.03. The molecule has 1 aromatic heterocycles. The highest BCUT2D eigenvalue weighted by Gasteiger charge is 2.28. The average Bonchev–Trinajstić information content (AvgIpc) is 2.14. The molecule has 0 unspecified atom stereocenters. The Kier molecular flexibility index (Phi) is 4.05. The largest absolute Gasteiger partial charge is 0.481 e. The Balaban J connectivity index is 3.35. The van der Waals surface area contributed by atoms with E-state index in [0.29, 0.717) is 0 Å². The molecule has 6 nitrogen and oxygen atoms in total. The lowest BCUT2D eigenvalue weighted by Crippen LogP contribution is -2.07. The normalized spacial score (nSPS) is 10.6. The molecule has 0 bridgehead atoms. The van der Waals surface area contributed by atoms with E-state index in [2.05, 4.69) is 20.9 Å². The molecule has 17 heavy (non-hydrogen) atoms. The number of nitro groups is 1. The van der Waals surface area contributed by atoms with Gasteiger partial charge in [-0.1, -0.05) is 0 Å². The van der Waals surface area contributed by atoms with Gasteiger partial charge in [0.15, 0.2) is 5.69 Å². The number of aliphatic carboxylic acids is 1. The number of alkyl halides is 2. The van der Waals surface area contributed by atoms with Crippen LogP contribution in [-0.4, -0.2) is 21.0 Å². The molecule has 92 valence electrons. The minimum absolute atomic E-state index is 0.166. The van der Waals surface area contributed by atoms with Gasteiger partial charge in [-0.2, -0.15) is 0 Å². The predicted molar refractivity (Wildman–Crippen MR) is 54.9 cm³/mol. The second-order valence-corrected chi connectivity index (χ2v) is 3.82. The highest BCUT2D eigenvalue weighted by Crippen LogP contribution is 2.34. The number of nitrogens with zero attached hydrogens (tertiary/aromatic N) is 2. The molecule has 0 fully saturated rings. The van der Waals surface area contributed by atoms with Crippen LogP contribution in [0, 0.1) is 10.1 Å². The van der Waals surface area contributed by atoms with E-state index in [1.54, 1.807) is 0 Å². The molecule has 0 saturated heterocycles. The zero-order valence-electron chi connectivity index (χ0n) is 8.06. The monoisotopic (exact) mass is 310 g/mol. The average molecular weight is 311 g/mol. The molecule has 0 aliphatic rings. The van der Waals surface area contributed by atoms with Crippen LogP contribution in [0.1, 0.15) is 17.7 Å². The molecule has 0 aliphatic heterocycles. The first kappa shape index (κ1) is 13.4. The van der Waals surface area contributed by atoms with Crippen LogP contribution in [0.4, 0.5) is 14.6 Å². The number of carboxylic acid groups (broad SMARTS) is 1. The third-order valence-electron chi connectivity index (χ3n) is 1.76. The quantitative estimate of drug-likeness (QED) is 0.680. The number of hydrogen-bond donors (Lipinski definition) is 1. The SMILES string of the molecule is O=C(O)Cc1cc(Br)c(C(F)F)c([N+](=O)[O-])n1. The Hall–Kier alpha value is -1.64. The van der Waals surface area contributed by atoms with E-state index in [1.807, 2.05) is 0 Å². The van der Waals surface area contributed by atoms with Gasteiger partial charge in [-0.3, -0.25) is 4.79 Å². The minimum atomic E-state index is -3.07. The molecule has 0 saturated carbocycles. The number of carbonyl (C=O) groups is 1. The van der Waals surface area contributed by atoms with Crippen molar-refractivity contribution >= 4 is 27.7 Å². The van der Waals surface area contributed by atoms with Crippen molar-refractivity contribution in [3.8, 4) is 0 Å². The summed E-state index contributed by atoms with van der Waals surface area (Å²) >= 11 is 2.74. The number of carboxylic acids is 1. The first-order valence-electron chi connectivity index (χ1n) is 4.16. The Morgan fingerprint density at radius 2 is 2.24 bits per heavy atom. The molecule has 0 spiro atoms. The van der Waals surface area contributed by atoms with Gasteiger partial charge in [0, 0.05) is 10.5 Å². The molecule has 1 rings (SSSR count). The first-order chi connectivity index (χ1) is 7.82. The van der Waals surface area contributed by atoms with E-state index < -0.39 is 35.1 Å². The zero-order chi connectivity index (χ0) is 13.2. The maximum absolute atomic E-state index is 12.6. The Morgan fingerprint density at radius 1 is 1.65 bits per heavy atom. The maximum Gasteiger partial charge on any atom is 0.373 e. The maximum atomic E-state index is 12.6. The number of aromatic nitrogens is 1. The third kappa shape index (κ3) is 3.16. The fourth-order valence-electron chi connectivity index (χ4n) is 1.15. The summed E-state index contributed by atoms with van der Waals surface area (Å²) < 4.78 is 24.9. The van der Waals surface area contributed by atoms with Crippen LogP contribution in [-0.2, 0) is 11.2 Å². The van der Waals surface area contributed by atoms with Crippen LogP contribution in [0.2, 0.25) is 0 Å². The standard InChI is InChI=1S/C8H5BrF2N2O4/c9-4-1-3(2-5(14)15)12-8(13(16)17)6(4)7(10)11/h1,7H,2H2,(H,14,15). The zero-order valence-corrected chi connectivity index (χ0v) is 9.65. The summed E-state index contributed by atoms with van der Waals surface area (Å²) in [7, 11) is 0. The summed E-state index contributed by atoms with van der Waals surface area (Å²) in [5.41, 5.74) is -1.02. The van der Waals surface area contributed by atoms with E-state index >= 15 is 0 Å². The van der Waals surface area contributed by atoms with E-state index in [9.17, 15) is 23.7 Å². The van der Waals surface area contributed by atoms with Crippen LogP contribution < -0.4 is 0 Å². The summed E-state index contributed by atoms with van der Waals surface area (Å²) in [5.74, 6) is -2.30. The molecule has 0 aliphatic carbocycles. The van der Waals surface area contributed by atoms with Gasteiger partial charge >= 0.3 is 11.8 Å². The molecular weight excluding hydrogens is 306 g/mol. The Bertz CT molecular complexity index is 481. The van der Waals surface area contributed by atoms with Crippen molar-refractivity contribution in [3.05, 3.63) is 31.9 Å². The van der Waals surface area contributed by atoms with Gasteiger partial charge in [0.2, 0.25) is 0 Å². The lowest BCUT2D eigenvalue weighted by molar-refractivity contribution is -0.391. The molecule has 1 aromatic rings. The highest BCUT2D eigenvalue weighted by atomic mass is 79.9. The summed E-state index contributed by atoms with van der Waals surface area (Å²) in [6.07, 6.45) is -3.65. The van der Waals surface area contributed by atoms with Crippen molar-refractivity contribution in [2.75, 3.05) is 0 Å². The Morgan fingerprint density at radius 3 is 2.65 bits per heavy atom. The van der Waals surface area contributed by atoms with Crippen molar-refractivity contribution in [3.63, 3.8) is 0 Å². The van der Waals surface area contributed by atoms with Gasteiger partial charge in [-0.25, -0.2) is 8.78 Å². The lowest BCUT2D eigenvalue weighted by Gasteiger charge is -2.04. The van der Waals surface area contributed by atoms with Crippen LogP contribution in [0.5, 0.6) is 0 Å². The van der Waals surface area contributed by atoms with Crippen molar-refractivity contribution in [2.24, 2.45) is 0 Å². The fraction of sp³-hybridized carbons (Fsp3) is 0.250. The van der Waals surface area contributed by atoms with Gasteiger partial charge < -0.3 is 15.2 Å². The predicted octanol–water partition coefficient (Wildman–Crippen LogP) is 2.32. The molecule has 0 amide bonds. The molecule has 0 aromatic carbocycles. The number of rotatable bonds is 4. The highest BCUT2D eigenvalue weighted by molar-refractivity contribution is 9.10. The lowest BCUT2D eigenvalue weighted by atomic mass is 10.2. The van der Waals surface area contributed by atoms with Crippen molar-refractivity contribution in [1.82, 2.24) is 4.98 Å². The number of halogens is 3. The van der Waals surface area contributed by atoms with Gasteiger partial charge in [0.25, 0.3) is 6.43 Å². The molecule has 0 atom stereocenters. The fourth-order valence-corrected chi connectivity index (χ4v) is 1.76. The van der Waals surface area contributed by atoms with Crippen LogP contribution in [0.25, 0.3) is 0 Å². The van der Waals surface area contributed by atoms with Gasteiger partial charge in [-0.15, -0.1) is 0 Å². The van der Waals surface area contributed by atoms with Gasteiger partial charge in [-0.05, 0) is 25.8 Å². The van der Waals surface area contributed by atoms with Crippen molar-refractivity contribution in [2.45, 2.75) is 12.8 Å². The minimum Gasteiger partial charge on any atom is -0.481 e. The van der Waals surface area contributed by atoms with E-state index in [0.717, 1.165) is 6.07 Å². The van der Waals surface area contributed by atoms with Crippen molar-refractivity contribution in [1.29, 1.82) is 0 Å². The van der Waals surface area contributed by atoms with Gasteiger partial charge in [0.05, 0.1) is 0 Å². The Labute approximate surface area is 102 Å². The molecule has 0 radical (unpaired) electrons. The van der Waals surface area contributed by atoms with Crippen LogP contribution in [0.3, 0.4) is 0 Å². The molecule has 1 N–H and O–H groups in total. The van der Waals surface area contributed by atoms with E-state index in [4.69, 9.17) is 5.11 Å². The van der Waals surface area contributed by atoms with Crippen LogP contribution in [0.15, 0.2) is 10.5 Å². The van der Waals surface area contributed by atoms with E-state index in [-0.39, 0.29) is 10.2 Å². The molecule has 9 heteroatoms. The van der Waals surface area contributed by atoms with Crippen LogP contribution >= 0.6 is 15.9 Å². The summed E-state index contributed by atoms with van der Waals surface area (Å²) in [6.45, 7) is 0. The summed E-state index contributed by atoms with van der Waals surface area (Å²) in [5, 5.41) is 19.1. The first-order valence-corrected chi connectivity index (χ1v) is 4.96. The second-order valence-electron chi connectivity index (χ2n) is 2.96.